The van der Waals surface area contributed by atoms with Crippen molar-refractivity contribution in [2.24, 2.45) is 5.92 Å². The van der Waals surface area contributed by atoms with Crippen molar-refractivity contribution >= 4 is 5.97 Å². The fraction of sp³-hybridized carbons (Fsp3) is 0.909. The van der Waals surface area contributed by atoms with Crippen molar-refractivity contribution in [2.45, 2.75) is 46.3 Å². The Bertz CT molecular complexity index is 183. The molecule has 90 valence electrons. The van der Waals surface area contributed by atoms with Gasteiger partial charge in [-0.15, -0.1) is 0 Å². The van der Waals surface area contributed by atoms with Crippen LogP contribution in [-0.4, -0.2) is 36.4 Å². The predicted octanol–water partition coefficient (Wildman–Crippen LogP) is 0.935. The molecule has 0 amide bonds. The lowest BCUT2D eigenvalue weighted by molar-refractivity contribution is -0.147. The van der Waals surface area contributed by atoms with Crippen molar-refractivity contribution in [2.75, 3.05) is 13.2 Å². The Morgan fingerprint density at radius 1 is 1.40 bits per heavy atom. The van der Waals surface area contributed by atoms with Crippen molar-refractivity contribution in [3.63, 3.8) is 0 Å². The third-order valence-corrected chi connectivity index (χ3v) is 2.16. The number of rotatable bonds is 7. The van der Waals surface area contributed by atoms with E-state index < -0.39 is 0 Å². The van der Waals surface area contributed by atoms with Crippen LogP contribution in [-0.2, 0) is 9.53 Å². The topological polar surface area (TPSA) is 58.6 Å². The van der Waals surface area contributed by atoms with Crippen LogP contribution in [0, 0.1) is 5.92 Å². The Balaban J connectivity index is 3.69. The van der Waals surface area contributed by atoms with E-state index in [4.69, 9.17) is 9.84 Å². The van der Waals surface area contributed by atoms with Gasteiger partial charge in [-0.05, 0) is 27.2 Å². The van der Waals surface area contributed by atoms with Crippen LogP contribution in [0.4, 0.5) is 0 Å². The Hall–Kier alpha value is -0.610. The molecule has 0 saturated carbocycles. The SMILES string of the molecule is CCOC(=O)C(C)CNC(C)CC(C)O. The summed E-state index contributed by atoms with van der Waals surface area (Å²) in [5.41, 5.74) is 0. The van der Waals surface area contributed by atoms with E-state index in [9.17, 15) is 4.79 Å². The van der Waals surface area contributed by atoms with Gasteiger partial charge >= 0.3 is 5.97 Å². The number of aliphatic hydroxyl groups is 1. The smallest absolute Gasteiger partial charge is 0.309 e. The Labute approximate surface area is 92.0 Å². The predicted molar refractivity (Wildman–Crippen MR) is 59.6 cm³/mol. The minimum Gasteiger partial charge on any atom is -0.466 e. The van der Waals surface area contributed by atoms with E-state index in [-0.39, 0.29) is 24.0 Å². The zero-order valence-corrected chi connectivity index (χ0v) is 10.1. The molecule has 0 aliphatic carbocycles. The molecule has 2 N–H and O–H groups in total. The average Bonchev–Trinajstić information content (AvgIpc) is 2.13. The number of aliphatic hydroxyl groups excluding tert-OH is 1. The summed E-state index contributed by atoms with van der Waals surface area (Å²) < 4.78 is 4.89. The summed E-state index contributed by atoms with van der Waals surface area (Å²) in [6.07, 6.45) is 0.376. The maximum Gasteiger partial charge on any atom is 0.309 e. The number of nitrogens with one attached hydrogen (secondary N) is 1. The van der Waals surface area contributed by atoms with E-state index in [0.717, 1.165) is 0 Å². The third-order valence-electron chi connectivity index (χ3n) is 2.16. The first-order valence-electron chi connectivity index (χ1n) is 5.55. The van der Waals surface area contributed by atoms with E-state index in [1.54, 1.807) is 13.8 Å². The van der Waals surface area contributed by atoms with Gasteiger partial charge in [-0.1, -0.05) is 6.92 Å². The minimum absolute atomic E-state index is 0.138. The van der Waals surface area contributed by atoms with Gasteiger partial charge in [0.25, 0.3) is 0 Å². The lowest BCUT2D eigenvalue weighted by Crippen LogP contribution is -2.35. The van der Waals surface area contributed by atoms with Crippen molar-refractivity contribution in [3.05, 3.63) is 0 Å². The maximum atomic E-state index is 11.3. The molecule has 0 rings (SSSR count). The molecule has 0 saturated heterocycles. The Morgan fingerprint density at radius 2 is 2.00 bits per heavy atom. The highest BCUT2D eigenvalue weighted by molar-refractivity contribution is 5.72. The number of carbonyl (C=O) groups excluding carboxylic acids is 1. The first-order valence-corrected chi connectivity index (χ1v) is 5.55. The highest BCUT2D eigenvalue weighted by atomic mass is 16.5. The molecule has 0 aliphatic heterocycles. The van der Waals surface area contributed by atoms with Crippen LogP contribution >= 0.6 is 0 Å². The summed E-state index contributed by atoms with van der Waals surface area (Å²) in [6, 6.07) is 0.210. The van der Waals surface area contributed by atoms with E-state index >= 15 is 0 Å². The van der Waals surface area contributed by atoms with Gasteiger partial charge in [-0.2, -0.15) is 0 Å². The molecule has 0 aromatic rings. The second kappa shape index (κ2) is 7.65. The molecule has 3 atom stereocenters. The summed E-state index contributed by atoms with van der Waals surface area (Å²) in [7, 11) is 0. The number of esters is 1. The molecule has 4 nitrogen and oxygen atoms in total. The van der Waals surface area contributed by atoms with E-state index in [1.807, 2.05) is 13.8 Å². The fourth-order valence-electron chi connectivity index (χ4n) is 1.34. The molecule has 0 aromatic heterocycles. The Kier molecular flexibility index (Phi) is 7.34. The zero-order valence-electron chi connectivity index (χ0n) is 10.1. The molecule has 0 fully saturated rings. The Morgan fingerprint density at radius 3 is 2.47 bits per heavy atom. The van der Waals surface area contributed by atoms with Crippen molar-refractivity contribution in [3.8, 4) is 0 Å². The van der Waals surface area contributed by atoms with Crippen LogP contribution in [0.2, 0.25) is 0 Å². The molecule has 0 heterocycles. The highest BCUT2D eigenvalue weighted by Crippen LogP contribution is 2.00. The van der Waals surface area contributed by atoms with Gasteiger partial charge in [0.2, 0.25) is 0 Å². The summed E-state index contributed by atoms with van der Waals surface area (Å²) in [5.74, 6) is -0.310. The quantitative estimate of drug-likeness (QED) is 0.623. The summed E-state index contributed by atoms with van der Waals surface area (Å²) >= 11 is 0. The monoisotopic (exact) mass is 217 g/mol. The van der Waals surface area contributed by atoms with E-state index in [0.29, 0.717) is 19.6 Å². The average molecular weight is 217 g/mol. The lowest BCUT2D eigenvalue weighted by atomic mass is 10.1. The lowest BCUT2D eigenvalue weighted by Gasteiger charge is -2.17. The molecule has 0 aliphatic rings. The normalized spacial score (nSPS) is 16.9. The molecule has 0 radical (unpaired) electrons. The van der Waals surface area contributed by atoms with Crippen molar-refractivity contribution in [1.29, 1.82) is 0 Å². The number of hydrogen-bond donors (Lipinski definition) is 2. The van der Waals surface area contributed by atoms with Gasteiger partial charge in [0.15, 0.2) is 0 Å². The van der Waals surface area contributed by atoms with Gasteiger partial charge < -0.3 is 15.2 Å². The largest absolute Gasteiger partial charge is 0.466 e. The first kappa shape index (κ1) is 14.4. The molecule has 0 bridgehead atoms. The van der Waals surface area contributed by atoms with Gasteiger partial charge in [-0.3, -0.25) is 4.79 Å². The summed E-state index contributed by atoms with van der Waals surface area (Å²) in [4.78, 5) is 11.3. The molecule has 4 heteroatoms. The minimum atomic E-state index is -0.314. The van der Waals surface area contributed by atoms with Crippen LogP contribution in [0.1, 0.15) is 34.1 Å². The molecule has 15 heavy (non-hydrogen) atoms. The first-order chi connectivity index (χ1) is 6.97. The standard InChI is InChI=1S/C11H23NO3/c1-5-15-11(14)8(2)7-12-9(3)6-10(4)13/h8-10,12-13H,5-7H2,1-4H3. The van der Waals surface area contributed by atoms with Gasteiger partial charge in [0, 0.05) is 12.6 Å². The number of hydrogen-bond acceptors (Lipinski definition) is 4. The molecule has 3 unspecified atom stereocenters. The number of ether oxygens (including phenoxy) is 1. The fourth-order valence-corrected chi connectivity index (χ4v) is 1.34. The van der Waals surface area contributed by atoms with Gasteiger partial charge in [-0.25, -0.2) is 0 Å². The van der Waals surface area contributed by atoms with Crippen molar-refractivity contribution in [1.82, 2.24) is 5.32 Å². The maximum absolute atomic E-state index is 11.3. The second-order valence-corrected chi connectivity index (χ2v) is 4.05. The molecule has 0 spiro atoms. The molecule has 0 aromatic carbocycles. The van der Waals surface area contributed by atoms with E-state index in [2.05, 4.69) is 5.32 Å². The van der Waals surface area contributed by atoms with Crippen LogP contribution in [0.25, 0.3) is 0 Å². The molecular weight excluding hydrogens is 194 g/mol. The van der Waals surface area contributed by atoms with Crippen molar-refractivity contribution < 1.29 is 14.6 Å². The second-order valence-electron chi connectivity index (χ2n) is 4.05. The summed E-state index contributed by atoms with van der Waals surface area (Å²) in [5, 5.41) is 12.3. The summed E-state index contributed by atoms with van der Waals surface area (Å²) in [6.45, 7) is 8.39. The van der Waals surface area contributed by atoms with Gasteiger partial charge in [0.1, 0.15) is 0 Å². The van der Waals surface area contributed by atoms with Crippen LogP contribution in [0.3, 0.4) is 0 Å². The van der Waals surface area contributed by atoms with E-state index in [1.165, 1.54) is 0 Å². The highest BCUT2D eigenvalue weighted by Gasteiger charge is 2.15. The van der Waals surface area contributed by atoms with Crippen LogP contribution in [0.5, 0.6) is 0 Å². The number of carbonyl (C=O) groups is 1. The molecular formula is C11H23NO3. The zero-order chi connectivity index (χ0) is 11.8. The van der Waals surface area contributed by atoms with Gasteiger partial charge in [0.05, 0.1) is 18.6 Å². The third kappa shape index (κ3) is 7.33. The van der Waals surface area contributed by atoms with Crippen LogP contribution < -0.4 is 5.32 Å². The van der Waals surface area contributed by atoms with Crippen LogP contribution in [0.15, 0.2) is 0 Å².